The number of nitrogens with two attached hydrogens (primary N) is 4. The van der Waals surface area contributed by atoms with E-state index in [1.807, 2.05) is 4.90 Å². The Labute approximate surface area is 373 Å². The average Bonchev–Trinajstić information content (AvgIpc) is 3.22. The summed E-state index contributed by atoms with van der Waals surface area (Å²) < 4.78 is 255. The van der Waals surface area contributed by atoms with Crippen molar-refractivity contribution in [1.29, 1.82) is 0 Å². The van der Waals surface area contributed by atoms with Gasteiger partial charge in [0.15, 0.2) is 13.3 Å². The Morgan fingerprint density at radius 2 is 0.985 bits per heavy atom. The predicted molar refractivity (Wildman–Crippen MR) is 194 cm³/mol. The molecule has 1 unspecified atom stereocenters. The SMILES string of the molecule is FCC(F)(F)F.FCF.FCF.FCOF.FCOF.FOCC(F)(F)F.FOCCCCCC(F)(F)F.NCCN(CCN)CCNC(=O)F.NCCNC(CN)CCNC(=O)CC(F)(F)F. The van der Waals surface area contributed by atoms with Gasteiger partial charge in [0.25, 0.3) is 0 Å². The third kappa shape index (κ3) is 131. The van der Waals surface area contributed by atoms with Crippen molar-refractivity contribution in [1.82, 2.24) is 20.9 Å². The summed E-state index contributed by atoms with van der Waals surface area (Å²) in [5.41, 5.74) is 21.4. The number of alkyl halides is 19. The lowest BCUT2D eigenvalue weighted by Crippen LogP contribution is -2.41. The Balaban J connectivity index is -0.0000000878. The van der Waals surface area contributed by atoms with Crippen molar-refractivity contribution in [3.63, 3.8) is 0 Å². The summed E-state index contributed by atoms with van der Waals surface area (Å²) >= 11 is 0. The van der Waals surface area contributed by atoms with E-state index in [-0.39, 0.29) is 32.2 Å². The molecule has 0 spiro atoms. The molecule has 11 N–H and O–H groups in total. The molecule has 0 bridgehead atoms. The molecule has 68 heavy (non-hydrogen) atoms. The first-order valence-electron chi connectivity index (χ1n) is 18.0. The van der Waals surface area contributed by atoms with Gasteiger partial charge < -0.3 is 38.9 Å². The van der Waals surface area contributed by atoms with Gasteiger partial charge in [0.2, 0.25) is 33.5 Å². The van der Waals surface area contributed by atoms with Crippen molar-refractivity contribution in [2.24, 2.45) is 22.9 Å². The van der Waals surface area contributed by atoms with Gasteiger partial charge in [0.1, 0.15) is 6.42 Å². The summed E-state index contributed by atoms with van der Waals surface area (Å²) in [6.45, 7) is -5.48. The van der Waals surface area contributed by atoms with Gasteiger partial charge in [-0.2, -0.15) is 72.5 Å². The van der Waals surface area contributed by atoms with Crippen molar-refractivity contribution < 1.29 is 135 Å². The quantitative estimate of drug-likeness (QED) is 0.0228. The summed E-state index contributed by atoms with van der Waals surface area (Å²) in [5.74, 6) is -1.02. The van der Waals surface area contributed by atoms with E-state index in [2.05, 4.69) is 35.7 Å². The van der Waals surface area contributed by atoms with Crippen LogP contribution in [0.4, 0.5) is 111 Å². The van der Waals surface area contributed by atoms with E-state index in [0.29, 0.717) is 71.6 Å². The Morgan fingerprint density at radius 1 is 0.544 bits per heavy atom. The molecule has 0 aliphatic rings. The number of nitrogens with one attached hydrogen (secondary N) is 3. The van der Waals surface area contributed by atoms with Crippen molar-refractivity contribution in [2.75, 3.05) is 113 Å². The molecule has 38 heteroatoms. The van der Waals surface area contributed by atoms with Crippen LogP contribution in [0, 0.1) is 0 Å². The zero-order valence-corrected chi connectivity index (χ0v) is 35.6. The molecule has 0 heterocycles. The van der Waals surface area contributed by atoms with Crippen LogP contribution < -0.4 is 38.9 Å². The van der Waals surface area contributed by atoms with E-state index in [1.165, 1.54) is 0 Å². The molecule has 0 fully saturated rings. The van der Waals surface area contributed by atoms with Crippen molar-refractivity contribution in [3.05, 3.63) is 0 Å². The van der Waals surface area contributed by atoms with Crippen LogP contribution in [0.2, 0.25) is 0 Å². The molecule has 0 aromatic carbocycles. The van der Waals surface area contributed by atoms with Crippen LogP contribution in [-0.4, -0.2) is 161 Å². The van der Waals surface area contributed by atoms with Crippen molar-refractivity contribution >= 4 is 12.1 Å². The van der Waals surface area contributed by atoms with E-state index >= 15 is 0 Å². The molecule has 0 aliphatic heterocycles. The van der Waals surface area contributed by atoms with E-state index in [9.17, 15) is 116 Å². The molecule has 0 aromatic heterocycles. The van der Waals surface area contributed by atoms with Crippen LogP contribution in [0.3, 0.4) is 0 Å². The number of unbranched alkanes of at least 4 members (excludes halogenated alkanes) is 2. The summed E-state index contributed by atoms with van der Waals surface area (Å²) in [4.78, 5) is 32.9. The summed E-state index contributed by atoms with van der Waals surface area (Å²) in [7, 11) is 0. The number of amides is 2. The minimum Gasteiger partial charge on any atom is -0.356 e. The molecule has 0 aliphatic carbocycles. The Kier molecular flexibility index (Phi) is 79.6. The number of halogens is 24. The Morgan fingerprint density at radius 3 is 1.25 bits per heavy atom. The second-order valence-corrected chi connectivity index (χ2v) is 10.7. The molecule has 2 amide bonds. The maximum atomic E-state index is 11.8. The summed E-state index contributed by atoms with van der Waals surface area (Å²) in [6.07, 6.45) is -20.3. The van der Waals surface area contributed by atoms with E-state index in [4.69, 9.17) is 22.9 Å². The van der Waals surface area contributed by atoms with E-state index in [0.717, 1.165) is 0 Å². The highest BCUT2D eigenvalue weighted by Crippen LogP contribution is 2.22. The van der Waals surface area contributed by atoms with Gasteiger partial charge in [0, 0.05) is 77.9 Å². The molecule has 0 radical (unpaired) electrons. The number of carbonyl (C=O) groups excluding carboxylic acids is 2. The standard InChI is InChI=1S/C9H19F3N4O.C7H17FN4O.C6H10F4O.C2H2F4O.C2H2F4.2CH2F2O.2CH2F2/c10-9(11,12)5-8(17)16-3-1-7(6-14)15-4-2-13;8-7(13)11-3-6-12(4-1-9)5-2-10;7-6(8,9)4-2-1-3-5-11-10;3-2(4,5)1-7-6;3-1-2(4,5)6;2*2-1-4-3;2*2-1-3/h7,15H,1-6,13-14H2,(H,16,17);1-6,9-10H2,(H,11,13);1-5H2;1H2;1H2;2*1H2;2*1H2. The first-order chi connectivity index (χ1) is 31.4. The van der Waals surface area contributed by atoms with Gasteiger partial charge in [-0.3, -0.25) is 9.69 Å². The van der Waals surface area contributed by atoms with Crippen LogP contribution >= 0.6 is 0 Å². The lowest BCUT2D eigenvalue weighted by Gasteiger charge is -2.19. The first-order valence-corrected chi connectivity index (χ1v) is 18.0. The number of rotatable bonds is 23. The van der Waals surface area contributed by atoms with Crippen LogP contribution in [0.1, 0.15) is 38.5 Å². The average molecular weight is 1080 g/mol. The lowest BCUT2D eigenvalue weighted by atomic mass is 10.2. The van der Waals surface area contributed by atoms with Crippen molar-refractivity contribution in [3.8, 4) is 0 Å². The number of carbonyl (C=O) groups is 2. The fourth-order valence-corrected chi connectivity index (χ4v) is 2.95. The van der Waals surface area contributed by atoms with E-state index in [1.54, 1.807) is 0 Å². The molecule has 0 rings (SSSR count). The fraction of sp³-hybridized carbons (Fsp3) is 0.933. The van der Waals surface area contributed by atoms with Gasteiger partial charge >= 0.3 is 30.9 Å². The normalized spacial score (nSPS) is 11.0. The third-order valence-electron chi connectivity index (χ3n) is 5.25. The van der Waals surface area contributed by atoms with Crippen LogP contribution in [0.15, 0.2) is 0 Å². The maximum Gasteiger partial charge on any atom is 0.416 e. The maximum absolute atomic E-state index is 11.8. The van der Waals surface area contributed by atoms with Gasteiger partial charge in [-0.25, -0.2) is 35.5 Å². The molecular formula is C30H58F24N8O6. The molecular weight excluding hydrogens is 1020 g/mol. The highest BCUT2D eigenvalue weighted by atomic mass is 19.4. The predicted octanol–water partition coefficient (Wildman–Crippen LogP) is 7.58. The zero-order chi connectivity index (χ0) is 55.5. The summed E-state index contributed by atoms with van der Waals surface area (Å²) in [5, 5.41) is 7.28. The number of hydrogen-bond donors (Lipinski definition) is 7. The molecule has 422 valence electrons. The van der Waals surface area contributed by atoms with Gasteiger partial charge in [0.05, 0.1) is 6.61 Å². The number of nitrogens with zero attached hydrogens (tertiary/aromatic N) is 1. The molecule has 14 nitrogen and oxygen atoms in total. The Hall–Kier alpha value is -3.14. The molecule has 1 atom stereocenters. The van der Waals surface area contributed by atoms with Crippen LogP contribution in [-0.2, 0) is 24.6 Å². The number of hydrogen-bond acceptors (Lipinski definition) is 12. The zero-order valence-electron chi connectivity index (χ0n) is 35.6. The first kappa shape index (κ1) is 84.8. The molecule has 0 aromatic rings. The van der Waals surface area contributed by atoms with E-state index < -0.39 is 90.5 Å². The largest absolute Gasteiger partial charge is 0.416 e. The third-order valence-corrected chi connectivity index (χ3v) is 5.25. The highest BCUT2D eigenvalue weighted by molar-refractivity contribution is 5.76. The minimum absolute atomic E-state index is 0.0485. The summed E-state index contributed by atoms with van der Waals surface area (Å²) in [6, 6.07) is -0.0512. The van der Waals surface area contributed by atoms with Crippen LogP contribution in [0.5, 0.6) is 0 Å². The smallest absolute Gasteiger partial charge is 0.356 e. The topological polar surface area (TPSA) is 214 Å². The minimum atomic E-state index is -4.62. The molecule has 0 saturated carbocycles. The van der Waals surface area contributed by atoms with Gasteiger partial charge in [-0.05, 0) is 37.4 Å². The fourth-order valence-electron chi connectivity index (χ4n) is 2.95. The lowest BCUT2D eigenvalue weighted by molar-refractivity contribution is -0.245. The van der Waals surface area contributed by atoms with Gasteiger partial charge in [-0.15, -0.1) is 4.39 Å². The van der Waals surface area contributed by atoms with Crippen molar-refractivity contribution in [2.45, 2.75) is 69.3 Å². The Bertz CT molecular complexity index is 944. The molecule has 0 saturated heterocycles. The van der Waals surface area contributed by atoms with Gasteiger partial charge in [-0.1, -0.05) is 6.42 Å². The van der Waals surface area contributed by atoms with Crippen LogP contribution in [0.25, 0.3) is 0 Å². The second kappa shape index (κ2) is 63.9. The highest BCUT2D eigenvalue weighted by Gasteiger charge is 2.31. The second-order valence-electron chi connectivity index (χ2n) is 10.7. The monoisotopic (exact) mass is 1080 g/mol.